The lowest BCUT2D eigenvalue weighted by Gasteiger charge is -2.47. The Kier molecular flexibility index (Phi) is 4.71. The third kappa shape index (κ3) is 3.48. The molecule has 0 aliphatic heterocycles. The molecular formula is C16H32N2. The first-order chi connectivity index (χ1) is 8.51. The maximum atomic E-state index is 6.21. The molecule has 106 valence electrons. The molecule has 3 unspecified atom stereocenters. The van der Waals surface area contributed by atoms with Crippen LogP contribution >= 0.6 is 0 Å². The molecule has 0 radical (unpaired) electrons. The molecule has 0 aromatic rings. The first kappa shape index (κ1) is 14.3. The third-order valence-corrected chi connectivity index (χ3v) is 5.77. The van der Waals surface area contributed by atoms with Crippen LogP contribution in [0.2, 0.25) is 0 Å². The summed E-state index contributed by atoms with van der Waals surface area (Å²) in [6.07, 6.45) is 8.30. The third-order valence-electron chi connectivity index (χ3n) is 5.77. The molecular weight excluding hydrogens is 220 g/mol. The summed E-state index contributed by atoms with van der Waals surface area (Å²) in [7, 11) is 0. The smallest absolute Gasteiger partial charge is 0.00698 e. The Morgan fingerprint density at radius 2 is 1.89 bits per heavy atom. The molecule has 3 N–H and O–H groups in total. The lowest BCUT2D eigenvalue weighted by molar-refractivity contribution is 0.0541. The van der Waals surface area contributed by atoms with Gasteiger partial charge in [0.25, 0.3) is 0 Å². The molecule has 2 nitrogen and oxygen atoms in total. The highest BCUT2D eigenvalue weighted by molar-refractivity contribution is 4.94. The van der Waals surface area contributed by atoms with E-state index in [-0.39, 0.29) is 0 Å². The van der Waals surface area contributed by atoms with Crippen LogP contribution in [0.15, 0.2) is 0 Å². The van der Waals surface area contributed by atoms with Crippen molar-refractivity contribution in [1.29, 1.82) is 0 Å². The van der Waals surface area contributed by atoms with E-state index in [1.165, 1.54) is 51.6 Å². The van der Waals surface area contributed by atoms with E-state index in [4.69, 9.17) is 5.73 Å². The van der Waals surface area contributed by atoms with E-state index in [0.29, 0.717) is 17.4 Å². The molecule has 2 aliphatic rings. The Morgan fingerprint density at radius 1 is 1.17 bits per heavy atom. The Balaban J connectivity index is 1.67. The highest BCUT2D eigenvalue weighted by Gasteiger charge is 2.41. The van der Waals surface area contributed by atoms with E-state index >= 15 is 0 Å². The fourth-order valence-electron chi connectivity index (χ4n) is 3.50. The summed E-state index contributed by atoms with van der Waals surface area (Å²) in [4.78, 5) is 0. The number of hydrogen-bond acceptors (Lipinski definition) is 2. The summed E-state index contributed by atoms with van der Waals surface area (Å²) in [6, 6.07) is 0.408. The molecule has 0 amide bonds. The van der Waals surface area contributed by atoms with Gasteiger partial charge in [-0.1, -0.05) is 33.6 Å². The van der Waals surface area contributed by atoms with Crippen LogP contribution in [0.4, 0.5) is 0 Å². The minimum Gasteiger partial charge on any atom is -0.327 e. The van der Waals surface area contributed by atoms with Crippen molar-refractivity contribution in [2.24, 2.45) is 28.9 Å². The second kappa shape index (κ2) is 5.92. The van der Waals surface area contributed by atoms with E-state index in [1.807, 2.05) is 0 Å². The minimum atomic E-state index is 0.390. The van der Waals surface area contributed by atoms with Crippen molar-refractivity contribution >= 4 is 0 Å². The zero-order chi connectivity index (χ0) is 13.2. The summed E-state index contributed by atoms with van der Waals surface area (Å²) in [5.74, 6) is 2.52. The lowest BCUT2D eigenvalue weighted by Crippen LogP contribution is -2.49. The van der Waals surface area contributed by atoms with Crippen molar-refractivity contribution in [3.05, 3.63) is 0 Å². The predicted octanol–water partition coefficient (Wildman–Crippen LogP) is 3.17. The van der Waals surface area contributed by atoms with Gasteiger partial charge in [-0.2, -0.15) is 0 Å². The summed E-state index contributed by atoms with van der Waals surface area (Å²) in [6.45, 7) is 9.56. The van der Waals surface area contributed by atoms with E-state index in [1.54, 1.807) is 0 Å². The lowest BCUT2D eigenvalue weighted by atomic mass is 9.61. The fraction of sp³-hybridized carbons (Fsp3) is 1.00. The van der Waals surface area contributed by atoms with Gasteiger partial charge >= 0.3 is 0 Å². The molecule has 0 spiro atoms. The number of nitrogens with two attached hydrogens (primary N) is 1. The van der Waals surface area contributed by atoms with Crippen molar-refractivity contribution in [3.8, 4) is 0 Å². The van der Waals surface area contributed by atoms with Crippen LogP contribution in [0.1, 0.15) is 59.3 Å². The first-order valence-electron chi connectivity index (χ1n) is 7.98. The quantitative estimate of drug-likeness (QED) is 0.713. The first-order valence-corrected chi connectivity index (χ1v) is 7.98. The van der Waals surface area contributed by atoms with Gasteiger partial charge in [0.1, 0.15) is 0 Å². The van der Waals surface area contributed by atoms with Gasteiger partial charge in [0.05, 0.1) is 0 Å². The summed E-state index contributed by atoms with van der Waals surface area (Å²) >= 11 is 0. The molecule has 2 fully saturated rings. The van der Waals surface area contributed by atoms with Crippen LogP contribution in [-0.4, -0.2) is 19.1 Å². The average molecular weight is 252 g/mol. The maximum absolute atomic E-state index is 6.21. The predicted molar refractivity (Wildman–Crippen MR) is 78.5 cm³/mol. The molecule has 3 atom stereocenters. The molecule has 2 rings (SSSR count). The van der Waals surface area contributed by atoms with E-state index in [0.717, 1.165) is 11.8 Å². The van der Waals surface area contributed by atoms with Gasteiger partial charge in [-0.3, -0.25) is 0 Å². The fourth-order valence-corrected chi connectivity index (χ4v) is 3.50. The Bertz CT molecular complexity index is 258. The van der Waals surface area contributed by atoms with Crippen molar-refractivity contribution in [2.45, 2.75) is 65.3 Å². The van der Waals surface area contributed by atoms with Crippen molar-refractivity contribution in [1.82, 2.24) is 5.32 Å². The van der Waals surface area contributed by atoms with Crippen LogP contribution in [-0.2, 0) is 0 Å². The second-order valence-corrected chi connectivity index (χ2v) is 7.34. The van der Waals surface area contributed by atoms with Crippen molar-refractivity contribution in [2.75, 3.05) is 13.1 Å². The second-order valence-electron chi connectivity index (χ2n) is 7.34. The Labute approximate surface area is 113 Å². The number of nitrogens with one attached hydrogen (secondary N) is 1. The standard InChI is InChI=1S/C16H32N2/c1-12-15(17)9-8-14(16(12,2)3)11-18-10-4-5-13-6-7-13/h12-15,18H,4-11,17H2,1-3H3. The van der Waals surface area contributed by atoms with Gasteiger partial charge in [0.2, 0.25) is 0 Å². The Hall–Kier alpha value is -0.0800. The van der Waals surface area contributed by atoms with Gasteiger partial charge in [-0.25, -0.2) is 0 Å². The largest absolute Gasteiger partial charge is 0.327 e. The highest BCUT2D eigenvalue weighted by atomic mass is 14.9. The van der Waals surface area contributed by atoms with Gasteiger partial charge in [0, 0.05) is 6.04 Å². The summed E-state index contributed by atoms with van der Waals surface area (Å²) in [5.41, 5.74) is 6.60. The SMILES string of the molecule is CC1C(N)CCC(CNCCCC2CC2)C1(C)C. The van der Waals surface area contributed by atoms with Crippen LogP contribution in [0.3, 0.4) is 0 Å². The average Bonchev–Trinajstić information content (AvgIpc) is 3.13. The highest BCUT2D eigenvalue weighted by Crippen LogP contribution is 2.43. The zero-order valence-corrected chi connectivity index (χ0v) is 12.5. The van der Waals surface area contributed by atoms with Crippen LogP contribution in [0.25, 0.3) is 0 Å². The van der Waals surface area contributed by atoms with Gasteiger partial charge < -0.3 is 11.1 Å². The molecule has 0 aromatic heterocycles. The van der Waals surface area contributed by atoms with Crippen molar-refractivity contribution < 1.29 is 0 Å². The molecule has 0 aromatic carbocycles. The Morgan fingerprint density at radius 3 is 2.56 bits per heavy atom. The summed E-state index contributed by atoms with van der Waals surface area (Å²) < 4.78 is 0. The van der Waals surface area contributed by atoms with Gasteiger partial charge in [-0.15, -0.1) is 0 Å². The molecule has 2 saturated carbocycles. The molecule has 0 heterocycles. The van der Waals surface area contributed by atoms with Gasteiger partial charge in [0.15, 0.2) is 0 Å². The number of rotatable bonds is 6. The van der Waals surface area contributed by atoms with Crippen LogP contribution in [0.5, 0.6) is 0 Å². The monoisotopic (exact) mass is 252 g/mol. The summed E-state index contributed by atoms with van der Waals surface area (Å²) in [5, 5.41) is 3.69. The molecule has 18 heavy (non-hydrogen) atoms. The number of hydrogen-bond donors (Lipinski definition) is 2. The van der Waals surface area contributed by atoms with E-state index < -0.39 is 0 Å². The van der Waals surface area contributed by atoms with E-state index in [2.05, 4.69) is 26.1 Å². The molecule has 2 aliphatic carbocycles. The van der Waals surface area contributed by atoms with Crippen molar-refractivity contribution in [3.63, 3.8) is 0 Å². The van der Waals surface area contributed by atoms with Crippen LogP contribution < -0.4 is 11.1 Å². The van der Waals surface area contributed by atoms with Gasteiger partial charge in [-0.05, 0) is 61.9 Å². The van der Waals surface area contributed by atoms with E-state index in [9.17, 15) is 0 Å². The maximum Gasteiger partial charge on any atom is 0.00698 e. The van der Waals surface area contributed by atoms with Crippen LogP contribution in [0, 0.1) is 23.2 Å². The molecule has 0 bridgehead atoms. The molecule has 0 saturated heterocycles. The molecule has 2 heteroatoms. The normalized spacial score (nSPS) is 35.7. The minimum absolute atomic E-state index is 0.390. The topological polar surface area (TPSA) is 38.0 Å². The zero-order valence-electron chi connectivity index (χ0n) is 12.5.